The van der Waals surface area contributed by atoms with E-state index in [0.717, 1.165) is 24.9 Å². The maximum Gasteiger partial charge on any atom is 0.232 e. The van der Waals surface area contributed by atoms with Crippen molar-refractivity contribution < 1.29 is 8.42 Å². The molecule has 6 heteroatoms. The van der Waals surface area contributed by atoms with Crippen LogP contribution in [0.3, 0.4) is 0 Å². The lowest BCUT2D eigenvalue weighted by Gasteiger charge is -2.34. The first kappa shape index (κ1) is 18.9. The van der Waals surface area contributed by atoms with E-state index in [1.54, 1.807) is 6.92 Å². The Morgan fingerprint density at radius 3 is 2.58 bits per heavy atom. The summed E-state index contributed by atoms with van der Waals surface area (Å²) in [7, 11) is -3.28. The van der Waals surface area contributed by atoms with Gasteiger partial charge in [-0.3, -0.25) is 4.72 Å². The fourth-order valence-corrected chi connectivity index (χ4v) is 4.05. The Morgan fingerprint density at radius 2 is 1.81 bits per heavy atom. The molecular formula is C20H27N3O2S. The van der Waals surface area contributed by atoms with Crippen molar-refractivity contribution >= 4 is 15.7 Å². The summed E-state index contributed by atoms with van der Waals surface area (Å²) in [6.45, 7) is 3.28. The topological polar surface area (TPSA) is 70.2 Å². The predicted molar refractivity (Wildman–Crippen MR) is 107 cm³/mol. The minimum absolute atomic E-state index is 0.0669. The number of rotatable bonds is 7. The van der Waals surface area contributed by atoms with Gasteiger partial charge in [0, 0.05) is 18.6 Å². The van der Waals surface area contributed by atoms with Gasteiger partial charge in [-0.1, -0.05) is 48.5 Å². The Kier molecular flexibility index (Phi) is 6.29. The maximum atomic E-state index is 11.9. The van der Waals surface area contributed by atoms with Crippen molar-refractivity contribution in [3.63, 3.8) is 0 Å². The van der Waals surface area contributed by atoms with Crippen LogP contribution in [0.4, 0.5) is 5.69 Å². The predicted octanol–water partition coefficient (Wildman–Crippen LogP) is 3.03. The van der Waals surface area contributed by atoms with E-state index in [4.69, 9.17) is 0 Å². The summed E-state index contributed by atoms with van der Waals surface area (Å²) in [4.78, 5) is 0. The lowest BCUT2D eigenvalue weighted by Crippen LogP contribution is -2.45. The zero-order chi connectivity index (χ0) is 18.4. The van der Waals surface area contributed by atoms with Crippen LogP contribution < -0.4 is 15.4 Å². The molecule has 0 amide bonds. The Bertz CT molecular complexity index is 809. The summed E-state index contributed by atoms with van der Waals surface area (Å²) in [5, 5.41) is 7.24. The molecule has 0 unspecified atom stereocenters. The Labute approximate surface area is 156 Å². The van der Waals surface area contributed by atoms with Crippen molar-refractivity contribution in [3.05, 3.63) is 65.7 Å². The lowest BCUT2D eigenvalue weighted by atomic mass is 9.92. The molecule has 0 aromatic heterocycles. The molecule has 0 aliphatic carbocycles. The average molecular weight is 374 g/mol. The molecule has 2 atom stereocenters. The molecule has 1 aliphatic rings. The smallest absolute Gasteiger partial charge is 0.232 e. The van der Waals surface area contributed by atoms with E-state index < -0.39 is 10.0 Å². The van der Waals surface area contributed by atoms with E-state index in [0.29, 0.717) is 18.3 Å². The molecule has 1 heterocycles. The van der Waals surface area contributed by atoms with Crippen molar-refractivity contribution in [3.8, 4) is 0 Å². The lowest BCUT2D eigenvalue weighted by molar-refractivity contribution is 0.305. The van der Waals surface area contributed by atoms with Crippen LogP contribution in [0.2, 0.25) is 0 Å². The Hall–Kier alpha value is -1.89. The van der Waals surface area contributed by atoms with Crippen molar-refractivity contribution in [2.75, 3.05) is 17.0 Å². The number of nitrogens with one attached hydrogen (secondary N) is 3. The summed E-state index contributed by atoms with van der Waals surface area (Å²) in [6, 6.07) is 18.6. The molecule has 0 radical (unpaired) electrons. The summed E-state index contributed by atoms with van der Waals surface area (Å²) >= 11 is 0. The molecule has 140 valence electrons. The molecule has 0 saturated carbocycles. The molecule has 1 fully saturated rings. The fraction of sp³-hybridized carbons (Fsp3) is 0.400. The Balaban J connectivity index is 1.72. The largest absolute Gasteiger partial charge is 0.309 e. The maximum absolute atomic E-state index is 11.9. The van der Waals surface area contributed by atoms with E-state index in [-0.39, 0.29) is 11.8 Å². The zero-order valence-corrected chi connectivity index (χ0v) is 15.9. The molecule has 1 aliphatic heterocycles. The SMILES string of the molecule is CCS(=O)(=O)Nc1ccccc1CN[C@H]1CCCN[C@H]1c1ccccc1. The van der Waals surface area contributed by atoms with E-state index >= 15 is 0 Å². The normalized spacial score (nSPS) is 20.7. The number of hydrogen-bond donors (Lipinski definition) is 3. The second kappa shape index (κ2) is 8.66. The van der Waals surface area contributed by atoms with E-state index in [2.05, 4.69) is 39.6 Å². The first-order chi connectivity index (χ1) is 12.6. The van der Waals surface area contributed by atoms with Crippen molar-refractivity contribution in [1.29, 1.82) is 0 Å². The minimum atomic E-state index is -3.28. The van der Waals surface area contributed by atoms with Gasteiger partial charge in [0.15, 0.2) is 0 Å². The first-order valence-corrected chi connectivity index (χ1v) is 10.8. The van der Waals surface area contributed by atoms with Crippen LogP contribution in [0, 0.1) is 0 Å². The summed E-state index contributed by atoms with van der Waals surface area (Å²) in [6.07, 6.45) is 2.22. The molecule has 2 aromatic carbocycles. The monoisotopic (exact) mass is 373 g/mol. The molecule has 2 aromatic rings. The van der Waals surface area contributed by atoms with Crippen molar-refractivity contribution in [1.82, 2.24) is 10.6 Å². The van der Waals surface area contributed by atoms with Crippen LogP contribution in [0.5, 0.6) is 0 Å². The van der Waals surface area contributed by atoms with Gasteiger partial charge in [0.05, 0.1) is 11.4 Å². The first-order valence-electron chi connectivity index (χ1n) is 9.19. The second-order valence-corrected chi connectivity index (χ2v) is 8.65. The Morgan fingerprint density at radius 1 is 1.08 bits per heavy atom. The third kappa shape index (κ3) is 4.84. The third-order valence-corrected chi connectivity index (χ3v) is 6.13. The molecule has 3 rings (SSSR count). The van der Waals surface area contributed by atoms with Crippen LogP contribution in [0.25, 0.3) is 0 Å². The van der Waals surface area contributed by atoms with Gasteiger partial charge in [-0.25, -0.2) is 8.42 Å². The number of benzene rings is 2. The molecule has 1 saturated heterocycles. The highest BCUT2D eigenvalue weighted by Gasteiger charge is 2.25. The molecule has 3 N–H and O–H groups in total. The highest BCUT2D eigenvalue weighted by molar-refractivity contribution is 7.92. The van der Waals surface area contributed by atoms with Gasteiger partial charge in [0.2, 0.25) is 10.0 Å². The van der Waals surface area contributed by atoms with Gasteiger partial charge in [0.1, 0.15) is 0 Å². The standard InChI is InChI=1S/C20H27N3O2S/c1-2-26(24,25)23-18-12-7-6-11-17(18)15-22-19-13-8-14-21-20(19)16-9-4-3-5-10-16/h3-7,9-12,19-23H,2,8,13-15H2,1H3/t19-,20-/m0/s1. The average Bonchev–Trinajstić information content (AvgIpc) is 2.68. The number of anilines is 1. The van der Waals surface area contributed by atoms with Crippen molar-refractivity contribution in [2.24, 2.45) is 0 Å². The second-order valence-electron chi connectivity index (χ2n) is 6.63. The molecule has 26 heavy (non-hydrogen) atoms. The molecule has 0 bridgehead atoms. The van der Waals surface area contributed by atoms with Crippen LogP contribution in [0.1, 0.15) is 36.9 Å². The quantitative estimate of drug-likeness (QED) is 0.698. The van der Waals surface area contributed by atoms with Gasteiger partial charge >= 0.3 is 0 Å². The van der Waals surface area contributed by atoms with Crippen LogP contribution in [0.15, 0.2) is 54.6 Å². The van der Waals surface area contributed by atoms with Gasteiger partial charge in [-0.05, 0) is 43.5 Å². The van der Waals surface area contributed by atoms with Gasteiger partial charge in [-0.15, -0.1) is 0 Å². The van der Waals surface area contributed by atoms with Crippen LogP contribution in [-0.4, -0.2) is 26.8 Å². The summed E-state index contributed by atoms with van der Waals surface area (Å²) < 4.78 is 26.5. The van der Waals surface area contributed by atoms with Crippen molar-refractivity contribution in [2.45, 2.75) is 38.4 Å². The zero-order valence-electron chi connectivity index (χ0n) is 15.1. The van der Waals surface area contributed by atoms with E-state index in [9.17, 15) is 8.42 Å². The van der Waals surface area contributed by atoms with Gasteiger partial charge < -0.3 is 10.6 Å². The van der Waals surface area contributed by atoms with Crippen LogP contribution >= 0.6 is 0 Å². The van der Waals surface area contributed by atoms with E-state index in [1.165, 1.54) is 5.56 Å². The van der Waals surface area contributed by atoms with Gasteiger partial charge in [-0.2, -0.15) is 0 Å². The molecular weight excluding hydrogens is 346 g/mol. The highest BCUT2D eigenvalue weighted by Crippen LogP contribution is 2.25. The third-order valence-electron chi connectivity index (χ3n) is 4.83. The van der Waals surface area contributed by atoms with Crippen LogP contribution in [-0.2, 0) is 16.6 Å². The fourth-order valence-electron chi connectivity index (χ4n) is 3.37. The minimum Gasteiger partial charge on any atom is -0.309 e. The molecule has 0 spiro atoms. The number of piperidine rings is 1. The number of hydrogen-bond acceptors (Lipinski definition) is 4. The summed E-state index contributed by atoms with van der Waals surface area (Å²) in [5.41, 5.74) is 2.90. The highest BCUT2D eigenvalue weighted by atomic mass is 32.2. The number of para-hydroxylation sites is 1. The van der Waals surface area contributed by atoms with E-state index in [1.807, 2.05) is 30.3 Å². The number of sulfonamides is 1. The molecule has 5 nitrogen and oxygen atoms in total. The van der Waals surface area contributed by atoms with Gasteiger partial charge in [0.25, 0.3) is 0 Å². The summed E-state index contributed by atoms with van der Waals surface area (Å²) in [5.74, 6) is 0.0669.